The van der Waals surface area contributed by atoms with Gasteiger partial charge in [0, 0.05) is 6.20 Å². The molecule has 3 heteroatoms. The quantitative estimate of drug-likeness (QED) is 0.852. The Labute approximate surface area is 129 Å². The predicted molar refractivity (Wildman–Crippen MR) is 87.5 cm³/mol. The van der Waals surface area contributed by atoms with E-state index < -0.39 is 0 Å². The van der Waals surface area contributed by atoms with E-state index in [0.717, 1.165) is 29.8 Å². The van der Waals surface area contributed by atoms with E-state index in [1.165, 1.54) is 25.7 Å². The van der Waals surface area contributed by atoms with Crippen LogP contribution >= 0.6 is 0 Å². The molecule has 1 saturated carbocycles. The molecule has 0 spiro atoms. The zero-order valence-electron chi connectivity index (χ0n) is 13.9. The van der Waals surface area contributed by atoms with Crippen LogP contribution in [0.15, 0.2) is 18.3 Å². The van der Waals surface area contributed by atoms with Crippen LogP contribution in [-0.2, 0) is 0 Å². The fourth-order valence-electron chi connectivity index (χ4n) is 3.66. The minimum Gasteiger partial charge on any atom is -0.495 e. The largest absolute Gasteiger partial charge is 0.495 e. The van der Waals surface area contributed by atoms with Gasteiger partial charge in [-0.15, -0.1) is 0 Å². The molecule has 1 aliphatic rings. The highest BCUT2D eigenvalue weighted by Crippen LogP contribution is 2.40. The van der Waals surface area contributed by atoms with E-state index in [0.29, 0.717) is 12.0 Å². The van der Waals surface area contributed by atoms with Gasteiger partial charge in [0.05, 0.1) is 18.8 Å². The van der Waals surface area contributed by atoms with E-state index in [9.17, 15) is 0 Å². The summed E-state index contributed by atoms with van der Waals surface area (Å²) in [6.45, 7) is 7.85. The van der Waals surface area contributed by atoms with E-state index >= 15 is 0 Å². The summed E-state index contributed by atoms with van der Waals surface area (Å²) in [5, 5.41) is 3.64. The first-order valence-electron chi connectivity index (χ1n) is 8.39. The highest BCUT2D eigenvalue weighted by atomic mass is 16.5. The Morgan fingerprint density at radius 1 is 1.24 bits per heavy atom. The Kier molecular flexibility index (Phi) is 6.04. The molecule has 1 atom stereocenters. The Hall–Kier alpha value is -1.09. The molecule has 21 heavy (non-hydrogen) atoms. The molecule has 1 aromatic heterocycles. The van der Waals surface area contributed by atoms with Gasteiger partial charge in [-0.05, 0) is 62.1 Å². The third-order valence-corrected chi connectivity index (χ3v) is 4.97. The number of ether oxygens (including phenoxy) is 1. The maximum absolute atomic E-state index is 5.52. The van der Waals surface area contributed by atoms with Crippen LogP contribution in [0.5, 0.6) is 5.75 Å². The summed E-state index contributed by atoms with van der Waals surface area (Å²) in [5.41, 5.74) is 1.08. The molecule has 118 valence electrons. The van der Waals surface area contributed by atoms with Gasteiger partial charge in [-0.1, -0.05) is 20.8 Å². The molecule has 0 bridgehead atoms. The summed E-state index contributed by atoms with van der Waals surface area (Å²) in [6.07, 6.45) is 7.15. The van der Waals surface area contributed by atoms with Crippen molar-refractivity contribution in [3.05, 3.63) is 24.0 Å². The van der Waals surface area contributed by atoms with E-state index in [-0.39, 0.29) is 0 Å². The lowest BCUT2D eigenvalue weighted by molar-refractivity contribution is 0.186. The van der Waals surface area contributed by atoms with Crippen molar-refractivity contribution in [1.82, 2.24) is 10.3 Å². The molecule has 0 radical (unpaired) electrons. The van der Waals surface area contributed by atoms with Crippen molar-refractivity contribution in [2.75, 3.05) is 13.7 Å². The highest BCUT2D eigenvalue weighted by molar-refractivity contribution is 5.30. The summed E-state index contributed by atoms with van der Waals surface area (Å²) in [4.78, 5) is 4.61. The lowest BCUT2D eigenvalue weighted by Crippen LogP contribution is -2.32. The maximum atomic E-state index is 5.52. The van der Waals surface area contributed by atoms with Gasteiger partial charge < -0.3 is 10.1 Å². The first-order valence-corrected chi connectivity index (χ1v) is 8.39. The third-order valence-electron chi connectivity index (χ3n) is 4.97. The molecule has 1 N–H and O–H groups in total. The number of pyridine rings is 1. The molecule has 0 aliphatic heterocycles. The summed E-state index contributed by atoms with van der Waals surface area (Å²) in [6, 6.07) is 4.28. The van der Waals surface area contributed by atoms with Gasteiger partial charge in [-0.3, -0.25) is 4.98 Å². The fourth-order valence-corrected chi connectivity index (χ4v) is 3.66. The number of nitrogens with zero attached hydrogens (tertiary/aromatic N) is 1. The molecule has 1 heterocycles. The molecular formula is C18H30N2O. The van der Waals surface area contributed by atoms with Gasteiger partial charge in [-0.2, -0.15) is 0 Å². The van der Waals surface area contributed by atoms with Crippen LogP contribution in [-0.4, -0.2) is 18.6 Å². The van der Waals surface area contributed by atoms with Crippen LogP contribution < -0.4 is 10.1 Å². The average Bonchev–Trinajstić information content (AvgIpc) is 2.52. The minimum absolute atomic E-state index is 0.319. The number of methoxy groups -OCH3 is 1. The normalized spacial score (nSPS) is 24.0. The molecular weight excluding hydrogens is 260 g/mol. The Bertz CT molecular complexity index is 425. The van der Waals surface area contributed by atoms with Gasteiger partial charge in [0.1, 0.15) is 5.75 Å². The zero-order chi connectivity index (χ0) is 15.2. The molecule has 1 fully saturated rings. The second kappa shape index (κ2) is 7.79. The highest BCUT2D eigenvalue weighted by Gasteiger charge is 2.31. The number of nitrogens with one attached hydrogen (secondary N) is 1. The predicted octanol–water partition coefficient (Wildman–Crippen LogP) is 4.20. The first-order chi connectivity index (χ1) is 10.2. The van der Waals surface area contributed by atoms with Gasteiger partial charge in [0.15, 0.2) is 0 Å². The summed E-state index contributed by atoms with van der Waals surface area (Å²) < 4.78 is 5.52. The van der Waals surface area contributed by atoms with Crippen molar-refractivity contribution in [1.29, 1.82) is 0 Å². The van der Waals surface area contributed by atoms with Crippen LogP contribution in [0.4, 0.5) is 0 Å². The molecule has 1 aliphatic carbocycles. The first kappa shape index (κ1) is 16.3. The number of aromatic nitrogens is 1. The van der Waals surface area contributed by atoms with Gasteiger partial charge >= 0.3 is 0 Å². The lowest BCUT2D eigenvalue weighted by atomic mass is 9.74. The number of rotatable bonds is 6. The molecule has 0 amide bonds. The van der Waals surface area contributed by atoms with E-state index in [1.54, 1.807) is 7.11 Å². The Balaban J connectivity index is 2.12. The van der Waals surface area contributed by atoms with Crippen LogP contribution in [0.1, 0.15) is 58.2 Å². The summed E-state index contributed by atoms with van der Waals surface area (Å²) in [5.74, 6) is 3.29. The molecule has 0 aromatic carbocycles. The maximum Gasteiger partial charge on any atom is 0.141 e. The average molecular weight is 290 g/mol. The van der Waals surface area contributed by atoms with Gasteiger partial charge in [0.2, 0.25) is 0 Å². The Morgan fingerprint density at radius 3 is 2.48 bits per heavy atom. The van der Waals surface area contributed by atoms with Crippen LogP contribution in [0.25, 0.3) is 0 Å². The number of hydrogen-bond acceptors (Lipinski definition) is 3. The van der Waals surface area contributed by atoms with Gasteiger partial charge in [0.25, 0.3) is 0 Å². The van der Waals surface area contributed by atoms with Gasteiger partial charge in [-0.25, -0.2) is 0 Å². The van der Waals surface area contributed by atoms with Crippen molar-refractivity contribution >= 4 is 0 Å². The smallest absolute Gasteiger partial charge is 0.141 e. The molecule has 2 rings (SSSR count). The van der Waals surface area contributed by atoms with Crippen LogP contribution in [0.3, 0.4) is 0 Å². The van der Waals surface area contributed by atoms with Crippen molar-refractivity contribution in [3.8, 4) is 5.75 Å². The van der Waals surface area contributed by atoms with E-state index in [1.807, 2.05) is 18.3 Å². The molecule has 1 unspecified atom stereocenters. The van der Waals surface area contributed by atoms with Crippen molar-refractivity contribution in [2.45, 2.75) is 52.5 Å². The standard InChI is InChI=1S/C18H30N2O/c1-5-19-17(18-16(21-4)7-6-12-20-18)15-10-8-14(9-11-15)13(2)3/h6-7,12-15,17,19H,5,8-11H2,1-4H3. The zero-order valence-corrected chi connectivity index (χ0v) is 13.9. The number of hydrogen-bond donors (Lipinski definition) is 1. The SMILES string of the molecule is CCNC(c1ncccc1OC)C1CCC(C(C)C)CC1. The summed E-state index contributed by atoms with van der Waals surface area (Å²) >= 11 is 0. The monoisotopic (exact) mass is 290 g/mol. The molecule has 0 saturated heterocycles. The fraction of sp³-hybridized carbons (Fsp3) is 0.722. The van der Waals surface area contributed by atoms with Crippen molar-refractivity contribution in [2.24, 2.45) is 17.8 Å². The molecule has 3 nitrogen and oxygen atoms in total. The molecule has 1 aromatic rings. The lowest BCUT2D eigenvalue weighted by Gasteiger charge is -2.35. The topological polar surface area (TPSA) is 34.2 Å². The minimum atomic E-state index is 0.319. The summed E-state index contributed by atoms with van der Waals surface area (Å²) in [7, 11) is 1.74. The second-order valence-corrected chi connectivity index (χ2v) is 6.55. The van der Waals surface area contributed by atoms with Crippen LogP contribution in [0.2, 0.25) is 0 Å². The van der Waals surface area contributed by atoms with Crippen molar-refractivity contribution < 1.29 is 4.74 Å². The van der Waals surface area contributed by atoms with Crippen molar-refractivity contribution in [3.63, 3.8) is 0 Å². The van der Waals surface area contributed by atoms with Crippen LogP contribution in [0, 0.1) is 17.8 Å². The Morgan fingerprint density at radius 2 is 1.90 bits per heavy atom. The third kappa shape index (κ3) is 3.97. The van der Waals surface area contributed by atoms with E-state index in [2.05, 4.69) is 31.1 Å². The van der Waals surface area contributed by atoms with E-state index in [4.69, 9.17) is 4.74 Å². The second-order valence-electron chi connectivity index (χ2n) is 6.55.